The summed E-state index contributed by atoms with van der Waals surface area (Å²) >= 11 is 0. The van der Waals surface area contributed by atoms with Crippen LogP contribution in [0.15, 0.2) is 97.1 Å². The number of rotatable bonds is 15. The Labute approximate surface area is 799 Å². The van der Waals surface area contributed by atoms with Gasteiger partial charge >= 0.3 is 0 Å². The molecule has 7 aromatic rings. The number of benzene rings is 7. The predicted octanol–water partition coefficient (Wildman–Crippen LogP) is 37.1. The van der Waals surface area contributed by atoms with E-state index in [9.17, 15) is 70.2 Å². The zero-order valence-electron chi connectivity index (χ0n) is 80.9. The fraction of sp³-hybridized carbons (Fsp3) is 0.596. The highest BCUT2D eigenvalue weighted by Gasteiger charge is 2.46. The number of alkyl halides is 2. The van der Waals surface area contributed by atoms with Crippen LogP contribution in [0.4, 0.5) is 70.2 Å². The summed E-state index contributed by atoms with van der Waals surface area (Å²) < 4.78 is 246. The average molecular weight is 1900 g/mol. The van der Waals surface area contributed by atoms with Crippen molar-refractivity contribution in [1.29, 1.82) is 0 Å². The van der Waals surface area contributed by atoms with E-state index in [1.165, 1.54) is 174 Å². The van der Waals surface area contributed by atoms with Crippen molar-refractivity contribution >= 4 is 11.1 Å². The molecular formula is C114H160F16O4. The summed E-state index contributed by atoms with van der Waals surface area (Å²) in [5.41, 5.74) is 4.08. The van der Waals surface area contributed by atoms with Crippen LogP contribution in [0.2, 0.25) is 0 Å². The molecule has 0 spiro atoms. The molecule has 0 saturated heterocycles. The Kier molecular flexibility index (Phi) is 38.5. The molecule has 4 nitrogen and oxygen atoms in total. The fourth-order valence-corrected chi connectivity index (χ4v) is 23.9. The molecule has 0 heterocycles. The lowest BCUT2D eigenvalue weighted by atomic mass is 9.67. The van der Waals surface area contributed by atoms with Crippen molar-refractivity contribution < 1.29 is 101 Å². The van der Waals surface area contributed by atoms with Gasteiger partial charge in [0, 0.05) is 39.6 Å². The maximum absolute atomic E-state index is 14.8. The SMILES string of the molecule is COc1ccc(-c2ccc(C3CCC(C)CC3)c(F)c2F)c(F)c1F.COc1ccc(C2=CCC(C)CC2)c(F)c1F.COc1ccc(C2=CCC(C3CCC(C)CC3)CC2)c(F)c1F.COc1ccc(C2CCC(C3CCC(C)CC3)CC2)c(F)c1F.Cc1ccc(C2CCC(C3CCC(C)CC3)CC2)c(F)c1F.Cc1ccc([C@@H]2CCC(C3CCC(C)CC3)C(F)C2F)c(F)c1F.[HH].[HH].[HH].[HH].[HH].[HH].[HH].[HH]. The summed E-state index contributed by atoms with van der Waals surface area (Å²) in [5, 5.41) is 0. The number of hydrogen-bond donors (Lipinski definition) is 0. The zero-order chi connectivity index (χ0) is 96.5. The second-order valence-electron chi connectivity index (χ2n) is 41.7. The van der Waals surface area contributed by atoms with Gasteiger partial charge in [0.1, 0.15) is 12.3 Å². The molecule has 0 aromatic heterocycles. The van der Waals surface area contributed by atoms with Crippen LogP contribution >= 0.6 is 0 Å². The third kappa shape index (κ3) is 25.8. The lowest BCUT2D eigenvalue weighted by Gasteiger charge is -2.41. The van der Waals surface area contributed by atoms with E-state index in [1.807, 2.05) is 6.08 Å². The van der Waals surface area contributed by atoms with Crippen LogP contribution in [0.25, 0.3) is 22.3 Å². The van der Waals surface area contributed by atoms with Crippen molar-refractivity contribution in [1.82, 2.24) is 0 Å². The molecule has 134 heavy (non-hydrogen) atoms. The van der Waals surface area contributed by atoms with E-state index >= 15 is 0 Å². The summed E-state index contributed by atoms with van der Waals surface area (Å²) in [6.45, 7) is 16.7. The van der Waals surface area contributed by atoms with E-state index in [2.05, 4.69) is 47.6 Å². The van der Waals surface area contributed by atoms with Crippen LogP contribution in [0, 0.1) is 178 Å². The van der Waals surface area contributed by atoms with Crippen molar-refractivity contribution in [2.24, 2.45) is 82.9 Å². The first kappa shape index (κ1) is 105. The molecule has 7 aromatic carbocycles. The number of aryl methyl sites for hydroxylation is 2. The lowest BCUT2D eigenvalue weighted by molar-refractivity contribution is 0.00879. The smallest absolute Gasteiger partial charge is 0.201 e. The normalized spacial score (nSPS) is 28.8. The standard InChI is InChI=1S/C20H20F4O.C20H26F4.C20H28F2O.C20H26F2O.C20H28F2.C14H16F2O.8H2/c1-11-3-5-12(6-4-11)13-7-8-14(18(22)17(13)21)15-9-10-16(25-2)20(24)19(15)23;1-11-3-6-13(7-4-11)14-9-10-16(20(24)18(14)22)15-8-5-12(2)17(21)19(15)23;2*1-13-3-5-14(6-4-13)15-7-9-16(10-8-15)17-11-12-18(23-2)20(22)19(17)21;1-13-3-6-15(7-4-13)16-8-10-17(11-9-16)18-12-5-14(2)19(21)20(18)22;1-9-3-5-10(6-4-9)11-7-8-12(17-2)14(16)13(11)15;;;;;;;;/h7-12H,3-6H2,1-2H3;5,8,11,13-14,16,18,20H,3-4,6-7,9-10H2,1-2H3;11-16H,3-10H2,1-2H3;9,11-15H,3-8,10H2,1-2H3;5,12-13,15-17H,3-4,6-11H2,1-2H3;5,7-9H,3-4,6H2,1-2H3;8*1H/t;11?,13?,14?,16-,18?,20?;;;;;;;;;;;;/m.0............/s1. The summed E-state index contributed by atoms with van der Waals surface area (Å²) in [6, 6.07) is 21.1. The molecule has 5 unspecified atom stereocenters. The molecule has 0 amide bonds. The predicted molar refractivity (Wildman–Crippen MR) is 522 cm³/mol. The van der Waals surface area contributed by atoms with Gasteiger partial charge in [0.05, 0.1) is 28.4 Å². The third-order valence-corrected chi connectivity index (χ3v) is 33.0. The first-order valence-corrected chi connectivity index (χ1v) is 50.3. The highest BCUT2D eigenvalue weighted by Crippen LogP contribution is 2.52. The molecule has 0 N–H and O–H groups in total. The Balaban J connectivity index is 0.000000352. The Morgan fingerprint density at radius 3 is 0.888 bits per heavy atom. The Bertz CT molecular complexity index is 5070. The van der Waals surface area contributed by atoms with Crippen LogP contribution in [-0.2, 0) is 0 Å². The highest BCUT2D eigenvalue weighted by molar-refractivity contribution is 5.69. The topological polar surface area (TPSA) is 36.9 Å². The van der Waals surface area contributed by atoms with Gasteiger partial charge < -0.3 is 18.9 Å². The van der Waals surface area contributed by atoms with Crippen molar-refractivity contribution in [3.63, 3.8) is 0 Å². The summed E-state index contributed by atoms with van der Waals surface area (Å²) in [6.07, 6.45) is 40.2. The first-order valence-electron chi connectivity index (χ1n) is 50.3. The Morgan fingerprint density at radius 1 is 0.231 bits per heavy atom. The zero-order valence-corrected chi connectivity index (χ0v) is 80.9. The molecule has 17 rings (SSSR count). The maximum Gasteiger partial charge on any atom is 0.201 e. The number of halogens is 16. The molecule has 8 fully saturated rings. The molecule has 6 atom stereocenters. The minimum atomic E-state index is -1.75. The molecule has 20 heteroatoms. The molecule has 0 bridgehead atoms. The second-order valence-corrected chi connectivity index (χ2v) is 41.7. The van der Waals surface area contributed by atoms with E-state index in [0.29, 0.717) is 64.0 Å². The van der Waals surface area contributed by atoms with Crippen LogP contribution in [-0.4, -0.2) is 40.8 Å². The van der Waals surface area contributed by atoms with Crippen LogP contribution in [0.3, 0.4) is 0 Å². The van der Waals surface area contributed by atoms with E-state index in [1.54, 1.807) is 43.3 Å². The number of hydrogen-bond acceptors (Lipinski definition) is 4. The van der Waals surface area contributed by atoms with E-state index in [0.717, 1.165) is 193 Å². The van der Waals surface area contributed by atoms with Gasteiger partial charge in [-0.15, -0.1) is 0 Å². The van der Waals surface area contributed by atoms with E-state index in [4.69, 9.17) is 18.9 Å². The Hall–Kier alpha value is -7.90. The van der Waals surface area contributed by atoms with Gasteiger partial charge in [-0.25, -0.2) is 52.7 Å². The highest BCUT2D eigenvalue weighted by atomic mass is 19.2. The second kappa shape index (κ2) is 49.1. The summed E-state index contributed by atoms with van der Waals surface area (Å²) in [7, 11) is 5.26. The van der Waals surface area contributed by atoms with Gasteiger partial charge in [-0.2, -0.15) is 17.6 Å². The molecule has 8 saturated carbocycles. The first-order chi connectivity index (χ1) is 64.2. The minimum Gasteiger partial charge on any atom is -0.494 e. The van der Waals surface area contributed by atoms with Gasteiger partial charge in [0.15, 0.2) is 81.2 Å². The van der Waals surface area contributed by atoms with E-state index < -0.39 is 99.7 Å². The molecular weight excluding hydrogens is 1740 g/mol. The number of methoxy groups -OCH3 is 4. The third-order valence-electron chi connectivity index (χ3n) is 33.0. The number of ether oxygens (including phenoxy) is 4. The summed E-state index contributed by atoms with van der Waals surface area (Å²) in [5.74, 6) is -4.17. The average Bonchev–Trinajstić information content (AvgIpc) is 0.776. The maximum atomic E-state index is 14.8. The summed E-state index contributed by atoms with van der Waals surface area (Å²) in [4.78, 5) is 0. The molecule has 752 valence electrons. The van der Waals surface area contributed by atoms with E-state index in [-0.39, 0.29) is 86.3 Å². The van der Waals surface area contributed by atoms with Gasteiger partial charge in [-0.3, -0.25) is 0 Å². The molecule has 0 radical (unpaired) electrons. The van der Waals surface area contributed by atoms with Crippen molar-refractivity contribution in [3.05, 3.63) is 223 Å². The van der Waals surface area contributed by atoms with Gasteiger partial charge in [0.25, 0.3) is 0 Å². The van der Waals surface area contributed by atoms with Crippen molar-refractivity contribution in [2.75, 3.05) is 28.4 Å². The van der Waals surface area contributed by atoms with Crippen molar-refractivity contribution in [3.8, 4) is 34.1 Å². The van der Waals surface area contributed by atoms with Crippen LogP contribution in [0.1, 0.15) is 352 Å². The quantitative estimate of drug-likeness (QED) is 0.0959. The lowest BCUT2D eigenvalue weighted by Crippen LogP contribution is -2.41. The molecule has 0 aliphatic heterocycles. The van der Waals surface area contributed by atoms with Gasteiger partial charge in [-0.05, 0) is 368 Å². The van der Waals surface area contributed by atoms with Gasteiger partial charge in [0.2, 0.25) is 23.3 Å². The molecule has 10 aliphatic rings. The number of allylic oxidation sites excluding steroid dienone is 4. The van der Waals surface area contributed by atoms with Gasteiger partial charge in [-0.1, -0.05) is 160 Å². The minimum absolute atomic E-state index is 0. The monoisotopic (exact) mass is 1900 g/mol. The molecule has 10 aliphatic carbocycles. The van der Waals surface area contributed by atoms with Crippen LogP contribution in [0.5, 0.6) is 23.0 Å². The van der Waals surface area contributed by atoms with Crippen molar-refractivity contribution in [2.45, 2.75) is 323 Å². The van der Waals surface area contributed by atoms with Crippen LogP contribution < -0.4 is 18.9 Å². The fourth-order valence-electron chi connectivity index (χ4n) is 23.9. The Morgan fingerprint density at radius 2 is 0.507 bits per heavy atom. The largest absolute Gasteiger partial charge is 0.494 e.